The van der Waals surface area contributed by atoms with Crippen molar-refractivity contribution < 1.29 is 31.5 Å². The topological polar surface area (TPSA) is 106 Å². The maximum atomic E-state index is 14.7. The van der Waals surface area contributed by atoms with Crippen molar-refractivity contribution in [1.29, 1.82) is 0 Å². The van der Waals surface area contributed by atoms with Crippen LogP contribution in [0.15, 0.2) is 30.6 Å². The third-order valence-corrected chi connectivity index (χ3v) is 7.03. The van der Waals surface area contributed by atoms with E-state index in [2.05, 4.69) is 15.4 Å². The third-order valence-electron chi connectivity index (χ3n) is 6.70. The average Bonchev–Trinajstić information content (AvgIpc) is 3.39. The number of aromatic nitrogens is 3. The van der Waals surface area contributed by atoms with E-state index in [9.17, 15) is 31.5 Å². The molecule has 2 atom stereocenters. The summed E-state index contributed by atoms with van der Waals surface area (Å²) in [6.07, 6.45) is -6.13. The summed E-state index contributed by atoms with van der Waals surface area (Å²) in [5.41, 5.74) is 4.23. The van der Waals surface area contributed by atoms with Crippen molar-refractivity contribution >= 4 is 34.7 Å². The minimum atomic E-state index is -4.75. The summed E-state index contributed by atoms with van der Waals surface area (Å²) in [6.45, 7) is -0.326. The molecule has 3 heterocycles. The highest BCUT2D eigenvalue weighted by Gasteiger charge is 2.43. The summed E-state index contributed by atoms with van der Waals surface area (Å²) in [5.74, 6) is -1.99. The molecule has 2 fully saturated rings. The number of alkyl halides is 5. The lowest BCUT2D eigenvalue weighted by atomic mass is 9.82. The van der Waals surface area contributed by atoms with E-state index in [0.29, 0.717) is 0 Å². The van der Waals surface area contributed by atoms with Crippen LogP contribution in [0.1, 0.15) is 28.8 Å². The zero-order valence-corrected chi connectivity index (χ0v) is 19.7. The third kappa shape index (κ3) is 4.56. The van der Waals surface area contributed by atoms with Crippen LogP contribution < -0.4 is 11.1 Å². The molecule has 2 amide bonds. The van der Waals surface area contributed by atoms with Crippen LogP contribution in [-0.4, -0.2) is 62.8 Å². The van der Waals surface area contributed by atoms with Gasteiger partial charge in [0.2, 0.25) is 5.91 Å². The molecule has 2 aromatic heterocycles. The Hall–Kier alpha value is -3.48. The number of halogens is 6. The number of hydrogen-bond acceptors (Lipinski definition) is 5. The molecule has 0 spiro atoms. The van der Waals surface area contributed by atoms with E-state index in [1.54, 1.807) is 0 Å². The van der Waals surface area contributed by atoms with Crippen molar-refractivity contribution in [3.63, 3.8) is 0 Å². The van der Waals surface area contributed by atoms with Gasteiger partial charge in [0.1, 0.15) is 24.2 Å². The van der Waals surface area contributed by atoms with Gasteiger partial charge in [-0.05, 0) is 31.0 Å². The number of rotatable bonds is 4. The molecule has 3 N–H and O–H groups in total. The normalized spacial score (nSPS) is 23.8. The van der Waals surface area contributed by atoms with Crippen LogP contribution in [0.3, 0.4) is 0 Å². The number of benzene rings is 1. The second-order valence-electron chi connectivity index (χ2n) is 9.15. The molecule has 1 aromatic carbocycles. The van der Waals surface area contributed by atoms with Crippen LogP contribution in [-0.2, 0) is 11.0 Å². The van der Waals surface area contributed by atoms with Crippen molar-refractivity contribution in [2.75, 3.05) is 18.8 Å². The first-order chi connectivity index (χ1) is 17.4. The predicted octanol–water partition coefficient (Wildman–Crippen LogP) is 3.68. The summed E-state index contributed by atoms with van der Waals surface area (Å²) in [5, 5.41) is 6.37. The van der Waals surface area contributed by atoms with Gasteiger partial charge in [-0.1, -0.05) is 17.7 Å². The quantitative estimate of drug-likeness (QED) is 0.489. The van der Waals surface area contributed by atoms with Gasteiger partial charge in [-0.15, -0.1) is 0 Å². The zero-order valence-electron chi connectivity index (χ0n) is 19.0. The highest BCUT2D eigenvalue weighted by atomic mass is 35.5. The smallest absolute Gasteiger partial charge is 0.382 e. The molecule has 196 valence electrons. The molecular weight excluding hydrogens is 523 g/mol. The van der Waals surface area contributed by atoms with E-state index in [1.807, 2.05) is 0 Å². The van der Waals surface area contributed by atoms with Gasteiger partial charge in [-0.25, -0.2) is 18.3 Å². The van der Waals surface area contributed by atoms with E-state index >= 15 is 0 Å². The minimum absolute atomic E-state index is 0.0166. The molecule has 37 heavy (non-hydrogen) atoms. The van der Waals surface area contributed by atoms with Gasteiger partial charge >= 0.3 is 6.18 Å². The Bertz CT molecular complexity index is 1390. The number of nitrogens with zero attached hydrogens (tertiary/aromatic N) is 4. The Labute approximate surface area is 211 Å². The Balaban J connectivity index is 1.40. The second-order valence-corrected chi connectivity index (χ2v) is 9.55. The lowest BCUT2D eigenvalue weighted by molar-refractivity contribution is -0.139. The molecule has 5 rings (SSSR count). The number of amides is 2. The highest BCUT2D eigenvalue weighted by molar-refractivity contribution is 6.34. The first-order valence-electron chi connectivity index (χ1n) is 11.3. The maximum absolute atomic E-state index is 14.7. The van der Waals surface area contributed by atoms with Gasteiger partial charge in [0.15, 0.2) is 5.82 Å². The average molecular weight is 543 g/mol. The Kier molecular flexibility index (Phi) is 6.21. The molecule has 3 aromatic rings. The van der Waals surface area contributed by atoms with Gasteiger partial charge in [0.25, 0.3) is 5.91 Å². The van der Waals surface area contributed by atoms with Crippen molar-refractivity contribution in [3.05, 3.63) is 46.7 Å². The van der Waals surface area contributed by atoms with Gasteiger partial charge in [0.05, 0.1) is 34.4 Å². The number of nitrogens with one attached hydrogen (secondary N) is 1. The lowest BCUT2D eigenvalue weighted by Gasteiger charge is -2.31. The van der Waals surface area contributed by atoms with Crippen LogP contribution in [0.5, 0.6) is 0 Å². The number of nitrogens with two attached hydrogens (primary N) is 1. The monoisotopic (exact) mass is 542 g/mol. The zero-order chi connectivity index (χ0) is 26.6. The van der Waals surface area contributed by atoms with Crippen LogP contribution in [0.2, 0.25) is 5.02 Å². The second kappa shape index (κ2) is 9.12. The molecule has 0 radical (unpaired) electrons. The van der Waals surface area contributed by atoms with Gasteiger partial charge in [0, 0.05) is 18.0 Å². The lowest BCUT2D eigenvalue weighted by Crippen LogP contribution is -2.44. The van der Waals surface area contributed by atoms with Crippen LogP contribution in [0.4, 0.5) is 27.8 Å². The molecule has 1 saturated carbocycles. The van der Waals surface area contributed by atoms with Gasteiger partial charge in [-0.3, -0.25) is 9.59 Å². The molecular formula is C23H20ClF5N6O2. The standard InChI is InChI=1S/C23H20ClF5N6O2/c24-15-2-1-10(18-6-14(23(27,28)29)19-20(30)31-9-32-35(18)19)5-13(15)21(36)33-17-8-34(7-16(17)26)22(37)11-3-12(25)4-11/h1-2,5-6,9,11-12,16-17H,3-4,7-8H2,(H,33,36)(H2,30,31,32)/t11?,12?,16-,17+/m0/s1. The molecule has 2 aliphatic rings. The Morgan fingerprint density at radius 2 is 1.86 bits per heavy atom. The first-order valence-corrected chi connectivity index (χ1v) is 11.7. The molecule has 1 aliphatic heterocycles. The first kappa shape index (κ1) is 25.2. The molecule has 14 heteroatoms. The molecule has 0 bridgehead atoms. The largest absolute Gasteiger partial charge is 0.418 e. The van der Waals surface area contributed by atoms with E-state index in [4.69, 9.17) is 17.3 Å². The minimum Gasteiger partial charge on any atom is -0.382 e. The number of carbonyl (C=O) groups excluding carboxylic acids is 2. The summed E-state index contributed by atoms with van der Waals surface area (Å²) >= 11 is 6.20. The number of anilines is 1. The van der Waals surface area contributed by atoms with Crippen molar-refractivity contribution in [1.82, 2.24) is 24.8 Å². The summed E-state index contributed by atoms with van der Waals surface area (Å²) in [4.78, 5) is 30.3. The maximum Gasteiger partial charge on any atom is 0.418 e. The SMILES string of the molecule is Nc1ncnn2c(-c3ccc(Cl)c(C(=O)N[C@@H]4CN(C(=O)C5CC(F)C5)C[C@@H]4F)c3)cc(C(F)(F)F)c12. The fourth-order valence-corrected chi connectivity index (χ4v) is 4.89. The molecule has 8 nitrogen and oxygen atoms in total. The van der Waals surface area contributed by atoms with Crippen LogP contribution >= 0.6 is 11.6 Å². The fourth-order valence-electron chi connectivity index (χ4n) is 4.68. The Morgan fingerprint density at radius 1 is 1.14 bits per heavy atom. The van der Waals surface area contributed by atoms with E-state index < -0.39 is 47.5 Å². The molecule has 1 saturated heterocycles. The van der Waals surface area contributed by atoms with E-state index in [1.165, 1.54) is 23.1 Å². The van der Waals surface area contributed by atoms with Crippen molar-refractivity contribution in [2.24, 2.45) is 5.92 Å². The van der Waals surface area contributed by atoms with E-state index in [-0.39, 0.29) is 59.5 Å². The molecule has 1 aliphatic carbocycles. The predicted molar refractivity (Wildman–Crippen MR) is 123 cm³/mol. The highest BCUT2D eigenvalue weighted by Crippen LogP contribution is 2.39. The van der Waals surface area contributed by atoms with Crippen molar-refractivity contribution in [2.45, 2.75) is 37.4 Å². The number of fused-ring (bicyclic) bond motifs is 1. The number of hydrogen-bond donors (Lipinski definition) is 2. The molecule has 0 unspecified atom stereocenters. The number of carbonyl (C=O) groups is 2. The van der Waals surface area contributed by atoms with Gasteiger partial charge in [-0.2, -0.15) is 18.3 Å². The number of nitrogen functional groups attached to an aromatic ring is 1. The van der Waals surface area contributed by atoms with Crippen LogP contribution in [0, 0.1) is 5.92 Å². The van der Waals surface area contributed by atoms with Crippen LogP contribution in [0.25, 0.3) is 16.8 Å². The van der Waals surface area contributed by atoms with Crippen molar-refractivity contribution in [3.8, 4) is 11.3 Å². The fraction of sp³-hybridized carbons (Fsp3) is 0.391. The summed E-state index contributed by atoms with van der Waals surface area (Å²) in [6, 6.07) is 3.80. The van der Waals surface area contributed by atoms with Gasteiger partial charge < -0.3 is 16.0 Å². The van der Waals surface area contributed by atoms with E-state index in [0.717, 1.165) is 16.9 Å². The summed E-state index contributed by atoms with van der Waals surface area (Å²) < 4.78 is 69.7. The Morgan fingerprint density at radius 3 is 2.54 bits per heavy atom. The number of likely N-dealkylation sites (tertiary alicyclic amines) is 1. The summed E-state index contributed by atoms with van der Waals surface area (Å²) in [7, 11) is 0.